The van der Waals surface area contributed by atoms with Crippen molar-refractivity contribution in [3.63, 3.8) is 0 Å². The highest BCUT2D eigenvalue weighted by atomic mass is 35.5. The van der Waals surface area contributed by atoms with Gasteiger partial charge in [0.05, 0.1) is 12.8 Å². The quantitative estimate of drug-likeness (QED) is 0.806. The minimum absolute atomic E-state index is 0.475. The van der Waals surface area contributed by atoms with Crippen molar-refractivity contribution < 1.29 is 4.74 Å². The molecule has 0 N–H and O–H groups in total. The van der Waals surface area contributed by atoms with E-state index in [9.17, 15) is 0 Å². The lowest BCUT2D eigenvalue weighted by Gasteiger charge is -2.09. The van der Waals surface area contributed by atoms with Gasteiger partial charge in [-0.1, -0.05) is 11.6 Å². The van der Waals surface area contributed by atoms with Crippen molar-refractivity contribution in [3.05, 3.63) is 34.9 Å². The zero-order valence-electron chi connectivity index (χ0n) is 10.9. The molecule has 19 heavy (non-hydrogen) atoms. The van der Waals surface area contributed by atoms with E-state index >= 15 is 0 Å². The molecule has 0 aliphatic heterocycles. The van der Waals surface area contributed by atoms with Gasteiger partial charge in [0, 0.05) is 29.3 Å². The van der Waals surface area contributed by atoms with Crippen LogP contribution in [0.2, 0.25) is 5.15 Å². The van der Waals surface area contributed by atoms with Crippen LogP contribution in [-0.2, 0) is 0 Å². The molecule has 2 aromatic heterocycles. The molecule has 0 aromatic carbocycles. The standard InChI is InChI=1S/C14H14ClN3O/c1-8-12(10-5-6-11(19-2)16-7-10)17-14(9-3-4-9)18-13(8)15/h5-7,9H,3-4H2,1-2H3. The van der Waals surface area contributed by atoms with Gasteiger partial charge in [-0.05, 0) is 25.8 Å². The summed E-state index contributed by atoms with van der Waals surface area (Å²) in [4.78, 5) is 13.2. The smallest absolute Gasteiger partial charge is 0.212 e. The van der Waals surface area contributed by atoms with Crippen LogP contribution in [0.5, 0.6) is 5.88 Å². The lowest BCUT2D eigenvalue weighted by molar-refractivity contribution is 0.398. The molecule has 0 spiro atoms. The third kappa shape index (κ3) is 2.40. The van der Waals surface area contributed by atoms with Gasteiger partial charge in [-0.2, -0.15) is 0 Å². The Morgan fingerprint density at radius 3 is 2.63 bits per heavy atom. The summed E-state index contributed by atoms with van der Waals surface area (Å²) in [7, 11) is 1.60. The van der Waals surface area contributed by atoms with E-state index in [0.29, 0.717) is 17.0 Å². The summed E-state index contributed by atoms with van der Waals surface area (Å²) in [6, 6.07) is 3.76. The van der Waals surface area contributed by atoms with Crippen LogP contribution in [0.3, 0.4) is 0 Å². The average molecular weight is 276 g/mol. The fourth-order valence-electron chi connectivity index (χ4n) is 1.95. The van der Waals surface area contributed by atoms with Crippen LogP contribution >= 0.6 is 11.6 Å². The van der Waals surface area contributed by atoms with Crippen LogP contribution in [-0.4, -0.2) is 22.1 Å². The van der Waals surface area contributed by atoms with E-state index in [-0.39, 0.29) is 0 Å². The Bertz CT molecular complexity index is 609. The predicted octanol–water partition coefficient (Wildman–Crippen LogP) is 3.39. The Morgan fingerprint density at radius 1 is 1.26 bits per heavy atom. The van der Waals surface area contributed by atoms with Crippen LogP contribution in [0, 0.1) is 6.92 Å². The Hall–Kier alpha value is -1.68. The molecule has 1 aliphatic rings. The maximum atomic E-state index is 6.20. The van der Waals surface area contributed by atoms with Gasteiger partial charge in [-0.3, -0.25) is 0 Å². The number of nitrogens with zero attached hydrogens (tertiary/aromatic N) is 3. The van der Waals surface area contributed by atoms with E-state index in [4.69, 9.17) is 16.3 Å². The summed E-state index contributed by atoms with van der Waals surface area (Å²) >= 11 is 6.20. The van der Waals surface area contributed by atoms with E-state index in [1.807, 2.05) is 19.1 Å². The van der Waals surface area contributed by atoms with Crippen LogP contribution < -0.4 is 4.74 Å². The van der Waals surface area contributed by atoms with Gasteiger partial charge < -0.3 is 4.74 Å². The second kappa shape index (κ2) is 4.78. The molecule has 2 heterocycles. The van der Waals surface area contributed by atoms with E-state index in [0.717, 1.165) is 35.5 Å². The fraction of sp³-hybridized carbons (Fsp3) is 0.357. The topological polar surface area (TPSA) is 47.9 Å². The lowest BCUT2D eigenvalue weighted by atomic mass is 10.1. The zero-order valence-corrected chi connectivity index (χ0v) is 11.6. The van der Waals surface area contributed by atoms with Gasteiger partial charge in [-0.15, -0.1) is 0 Å². The summed E-state index contributed by atoms with van der Waals surface area (Å²) in [6.07, 6.45) is 4.06. The summed E-state index contributed by atoms with van der Waals surface area (Å²) in [5.41, 5.74) is 2.68. The summed E-state index contributed by atoms with van der Waals surface area (Å²) in [6.45, 7) is 1.93. The Kier molecular flexibility index (Phi) is 3.11. The molecular weight excluding hydrogens is 262 g/mol. The Morgan fingerprint density at radius 2 is 2.05 bits per heavy atom. The first-order chi connectivity index (χ1) is 9.19. The third-order valence-corrected chi connectivity index (χ3v) is 3.63. The number of aromatic nitrogens is 3. The number of rotatable bonds is 3. The first-order valence-electron chi connectivity index (χ1n) is 6.23. The minimum atomic E-state index is 0.475. The van der Waals surface area contributed by atoms with Crippen molar-refractivity contribution >= 4 is 11.6 Å². The normalized spacial score (nSPS) is 14.5. The predicted molar refractivity (Wildman–Crippen MR) is 73.5 cm³/mol. The number of methoxy groups -OCH3 is 1. The molecule has 1 aliphatic carbocycles. The van der Waals surface area contributed by atoms with Crippen LogP contribution in [0.15, 0.2) is 18.3 Å². The molecule has 0 atom stereocenters. The molecular formula is C14H14ClN3O. The van der Waals surface area contributed by atoms with Gasteiger partial charge >= 0.3 is 0 Å². The molecule has 5 heteroatoms. The maximum absolute atomic E-state index is 6.20. The van der Waals surface area contributed by atoms with Crippen molar-refractivity contribution in [3.8, 4) is 17.1 Å². The van der Waals surface area contributed by atoms with Crippen LogP contribution in [0.25, 0.3) is 11.3 Å². The molecule has 0 radical (unpaired) electrons. The second-order valence-electron chi connectivity index (χ2n) is 4.71. The highest BCUT2D eigenvalue weighted by Crippen LogP contribution is 2.40. The van der Waals surface area contributed by atoms with Crippen molar-refractivity contribution in [2.45, 2.75) is 25.7 Å². The first-order valence-corrected chi connectivity index (χ1v) is 6.61. The summed E-state index contributed by atoms with van der Waals surface area (Å²) in [5, 5.41) is 0.530. The minimum Gasteiger partial charge on any atom is -0.481 e. The van der Waals surface area contributed by atoms with Gasteiger partial charge in [-0.25, -0.2) is 15.0 Å². The van der Waals surface area contributed by atoms with Gasteiger partial charge in [0.25, 0.3) is 0 Å². The molecule has 0 unspecified atom stereocenters. The number of hydrogen-bond donors (Lipinski definition) is 0. The van der Waals surface area contributed by atoms with Crippen molar-refractivity contribution in [2.24, 2.45) is 0 Å². The molecule has 1 fully saturated rings. The molecule has 0 amide bonds. The molecule has 0 bridgehead atoms. The first kappa shape index (κ1) is 12.4. The average Bonchev–Trinajstić information content (AvgIpc) is 3.26. The van der Waals surface area contributed by atoms with Gasteiger partial charge in [0.15, 0.2) is 0 Å². The second-order valence-corrected chi connectivity index (χ2v) is 5.07. The number of ether oxygens (including phenoxy) is 1. The Labute approximate surface area is 116 Å². The third-order valence-electron chi connectivity index (χ3n) is 3.27. The molecule has 2 aromatic rings. The molecule has 4 nitrogen and oxygen atoms in total. The van der Waals surface area contributed by atoms with E-state index in [1.54, 1.807) is 13.3 Å². The van der Waals surface area contributed by atoms with Gasteiger partial charge in [0.1, 0.15) is 11.0 Å². The monoisotopic (exact) mass is 275 g/mol. The number of pyridine rings is 1. The molecule has 3 rings (SSSR count). The molecule has 1 saturated carbocycles. The fourth-order valence-corrected chi connectivity index (χ4v) is 2.13. The van der Waals surface area contributed by atoms with E-state index < -0.39 is 0 Å². The SMILES string of the molecule is COc1ccc(-c2nc(C3CC3)nc(Cl)c2C)cn1. The van der Waals surface area contributed by atoms with Gasteiger partial charge in [0.2, 0.25) is 5.88 Å². The van der Waals surface area contributed by atoms with Crippen molar-refractivity contribution in [1.82, 2.24) is 15.0 Å². The van der Waals surface area contributed by atoms with Crippen molar-refractivity contribution in [2.75, 3.05) is 7.11 Å². The maximum Gasteiger partial charge on any atom is 0.212 e. The van der Waals surface area contributed by atoms with Crippen LogP contribution in [0.4, 0.5) is 0 Å². The number of hydrogen-bond acceptors (Lipinski definition) is 4. The summed E-state index contributed by atoms with van der Waals surface area (Å²) in [5.74, 6) is 1.91. The highest BCUT2D eigenvalue weighted by molar-refractivity contribution is 6.30. The zero-order chi connectivity index (χ0) is 13.4. The molecule has 98 valence electrons. The van der Waals surface area contributed by atoms with Crippen molar-refractivity contribution in [1.29, 1.82) is 0 Å². The van der Waals surface area contributed by atoms with E-state index in [1.165, 1.54) is 0 Å². The summed E-state index contributed by atoms with van der Waals surface area (Å²) < 4.78 is 5.06. The number of halogens is 1. The van der Waals surface area contributed by atoms with E-state index in [2.05, 4.69) is 15.0 Å². The Balaban J connectivity index is 2.06. The molecule has 0 saturated heterocycles. The highest BCUT2D eigenvalue weighted by Gasteiger charge is 2.28. The lowest BCUT2D eigenvalue weighted by Crippen LogP contribution is -2.00. The van der Waals surface area contributed by atoms with Crippen LogP contribution in [0.1, 0.15) is 30.1 Å². The largest absolute Gasteiger partial charge is 0.481 e.